The molecule has 2 aliphatic heterocycles. The minimum absolute atomic E-state index is 0. The number of ether oxygens (including phenoxy) is 4. The van der Waals surface area contributed by atoms with Gasteiger partial charge in [-0.2, -0.15) is 0 Å². The number of fused-ring (bicyclic) bond motifs is 1. The van der Waals surface area contributed by atoms with Gasteiger partial charge in [-0.3, -0.25) is 0 Å². The first-order chi connectivity index (χ1) is 10.7. The van der Waals surface area contributed by atoms with E-state index in [4.69, 9.17) is 18.9 Å². The molecule has 0 saturated carbocycles. The number of halogens is 1. The van der Waals surface area contributed by atoms with Crippen LogP contribution in [0.2, 0.25) is 0 Å². The zero-order chi connectivity index (χ0) is 15.4. The fourth-order valence-electron chi connectivity index (χ4n) is 2.73. The summed E-state index contributed by atoms with van der Waals surface area (Å²) in [4.78, 5) is 13.6. The number of hydrogen-bond acceptors (Lipinski definition) is 5. The molecule has 7 heteroatoms. The summed E-state index contributed by atoms with van der Waals surface area (Å²) in [5.41, 5.74) is 0.494. The van der Waals surface area contributed by atoms with Gasteiger partial charge in [0.2, 0.25) is 0 Å². The number of rotatable bonds is 4. The van der Waals surface area contributed by atoms with Crippen LogP contribution in [0, 0.1) is 0 Å². The second-order valence-electron chi connectivity index (χ2n) is 5.64. The fraction of sp³-hybridized carbons (Fsp3) is 0.562. The summed E-state index contributed by atoms with van der Waals surface area (Å²) in [6, 6.07) is 5.15. The maximum atomic E-state index is 12.2. The van der Waals surface area contributed by atoms with Crippen LogP contribution < -0.4 is 26.8 Å². The molecule has 128 valence electrons. The lowest BCUT2D eigenvalue weighted by molar-refractivity contribution is -0.910. The van der Waals surface area contributed by atoms with Crippen molar-refractivity contribution in [2.24, 2.45) is 0 Å². The van der Waals surface area contributed by atoms with Gasteiger partial charge in [0, 0.05) is 0 Å². The number of benzene rings is 1. The summed E-state index contributed by atoms with van der Waals surface area (Å²) in [6.07, 6.45) is -0.131. The number of nitrogens with one attached hydrogen (secondary N) is 1. The van der Waals surface area contributed by atoms with E-state index in [1.165, 1.54) is 4.90 Å². The third kappa shape index (κ3) is 4.73. The van der Waals surface area contributed by atoms with Gasteiger partial charge in [-0.1, -0.05) is 0 Å². The van der Waals surface area contributed by atoms with Crippen LogP contribution in [0.15, 0.2) is 18.2 Å². The molecule has 1 aromatic rings. The monoisotopic (exact) mass is 343 g/mol. The Labute approximate surface area is 142 Å². The average molecular weight is 344 g/mol. The highest BCUT2D eigenvalue weighted by Crippen LogP contribution is 2.30. The van der Waals surface area contributed by atoms with Crippen molar-refractivity contribution in [3.63, 3.8) is 0 Å². The lowest BCUT2D eigenvalue weighted by Crippen LogP contribution is -3.15. The van der Waals surface area contributed by atoms with Crippen LogP contribution >= 0.6 is 0 Å². The minimum Gasteiger partial charge on any atom is -1.00 e. The molecule has 1 N–H and O–H groups in total. The molecule has 0 spiro atoms. The highest BCUT2D eigenvalue weighted by atomic mass is 35.5. The number of hydrogen-bond donors (Lipinski definition) is 1. The molecule has 0 aliphatic carbocycles. The van der Waals surface area contributed by atoms with Gasteiger partial charge >= 0.3 is 5.97 Å². The van der Waals surface area contributed by atoms with Crippen LogP contribution in [0.5, 0.6) is 11.5 Å². The Hall–Kier alpha value is -1.50. The van der Waals surface area contributed by atoms with Gasteiger partial charge < -0.3 is 36.3 Å². The number of esters is 1. The molecule has 1 fully saturated rings. The molecular weight excluding hydrogens is 322 g/mol. The smallest absolute Gasteiger partial charge is 0.338 e. The van der Waals surface area contributed by atoms with Crippen molar-refractivity contribution in [3.8, 4) is 11.5 Å². The summed E-state index contributed by atoms with van der Waals surface area (Å²) in [7, 11) is 0. The summed E-state index contributed by atoms with van der Waals surface area (Å²) in [6.45, 7) is 7.25. The molecule has 1 saturated heterocycles. The third-order valence-electron chi connectivity index (χ3n) is 3.86. The molecular formula is C16H22ClNO5. The van der Waals surface area contributed by atoms with E-state index in [1.807, 2.05) is 6.92 Å². The van der Waals surface area contributed by atoms with Crippen LogP contribution in [0.25, 0.3) is 0 Å². The van der Waals surface area contributed by atoms with E-state index in [0.29, 0.717) is 30.3 Å². The molecule has 6 nitrogen and oxygen atoms in total. The molecule has 1 aromatic carbocycles. The first-order valence-corrected chi connectivity index (χ1v) is 7.74. The Balaban J connectivity index is 0.00000192. The normalized spacial score (nSPS) is 18.7. The molecule has 1 unspecified atom stereocenters. The van der Waals surface area contributed by atoms with Gasteiger partial charge in [0.05, 0.1) is 18.8 Å². The zero-order valence-electron chi connectivity index (χ0n) is 13.2. The van der Waals surface area contributed by atoms with Gasteiger partial charge in [-0.25, -0.2) is 4.79 Å². The van der Waals surface area contributed by atoms with E-state index in [0.717, 1.165) is 32.8 Å². The highest BCUT2D eigenvalue weighted by Gasteiger charge is 2.21. The Morgan fingerprint density at radius 2 is 1.87 bits per heavy atom. The SMILES string of the molecule is CC(C[NH+]1CCOCC1)OC(=O)c1ccc2c(c1)OCCO2.[Cl-]. The van der Waals surface area contributed by atoms with E-state index in [-0.39, 0.29) is 24.5 Å². The van der Waals surface area contributed by atoms with Gasteiger partial charge in [0.15, 0.2) is 11.5 Å². The summed E-state index contributed by atoms with van der Waals surface area (Å²) < 4.78 is 21.8. The standard InChI is InChI=1S/C16H21NO5.ClH/c1-12(11-17-4-6-19-7-5-17)22-16(18)13-2-3-14-15(10-13)21-9-8-20-14;/h2-3,10,12H,4-9,11H2,1H3;1H. The average Bonchev–Trinajstić information content (AvgIpc) is 2.55. The summed E-state index contributed by atoms with van der Waals surface area (Å²) in [5.74, 6) is 0.956. The van der Waals surface area contributed by atoms with Crippen molar-refractivity contribution in [1.29, 1.82) is 0 Å². The molecule has 0 amide bonds. The number of quaternary nitrogens is 1. The molecule has 0 radical (unpaired) electrons. The predicted molar refractivity (Wildman–Crippen MR) is 78.7 cm³/mol. The molecule has 1 atom stereocenters. The lowest BCUT2D eigenvalue weighted by atomic mass is 10.2. The fourth-order valence-corrected chi connectivity index (χ4v) is 2.73. The Morgan fingerprint density at radius 1 is 1.17 bits per heavy atom. The number of carbonyl (C=O) groups excluding carboxylic acids is 1. The second kappa shape index (κ2) is 8.38. The molecule has 23 heavy (non-hydrogen) atoms. The Bertz CT molecular complexity index is 533. The van der Waals surface area contributed by atoms with Crippen molar-refractivity contribution in [1.82, 2.24) is 0 Å². The zero-order valence-corrected chi connectivity index (χ0v) is 13.9. The predicted octanol–water partition coefficient (Wildman–Crippen LogP) is -3.08. The van der Waals surface area contributed by atoms with Crippen molar-refractivity contribution >= 4 is 5.97 Å². The van der Waals surface area contributed by atoms with Crippen molar-refractivity contribution in [2.45, 2.75) is 13.0 Å². The van der Waals surface area contributed by atoms with E-state index in [1.54, 1.807) is 18.2 Å². The van der Waals surface area contributed by atoms with Crippen molar-refractivity contribution in [3.05, 3.63) is 23.8 Å². The van der Waals surface area contributed by atoms with E-state index < -0.39 is 0 Å². The van der Waals surface area contributed by atoms with E-state index in [2.05, 4.69) is 0 Å². The van der Waals surface area contributed by atoms with Crippen LogP contribution in [-0.2, 0) is 9.47 Å². The highest BCUT2D eigenvalue weighted by molar-refractivity contribution is 5.90. The maximum Gasteiger partial charge on any atom is 0.338 e. The van der Waals surface area contributed by atoms with Crippen LogP contribution in [0.4, 0.5) is 0 Å². The Morgan fingerprint density at radius 3 is 2.61 bits per heavy atom. The van der Waals surface area contributed by atoms with E-state index >= 15 is 0 Å². The van der Waals surface area contributed by atoms with Crippen LogP contribution in [-0.4, -0.2) is 58.1 Å². The van der Waals surface area contributed by atoms with Crippen LogP contribution in [0.1, 0.15) is 17.3 Å². The summed E-state index contributed by atoms with van der Waals surface area (Å²) in [5, 5.41) is 0. The molecule has 0 bridgehead atoms. The lowest BCUT2D eigenvalue weighted by Gasteiger charge is -2.26. The molecule has 2 heterocycles. The summed E-state index contributed by atoms with van der Waals surface area (Å²) >= 11 is 0. The van der Waals surface area contributed by atoms with Gasteiger partial charge in [0.25, 0.3) is 0 Å². The molecule has 3 rings (SSSR count). The first-order valence-electron chi connectivity index (χ1n) is 7.74. The number of morpholine rings is 1. The largest absolute Gasteiger partial charge is 1.00 e. The van der Waals surface area contributed by atoms with Gasteiger partial charge in [0.1, 0.15) is 39.0 Å². The first kappa shape index (κ1) is 17.8. The molecule has 0 aromatic heterocycles. The van der Waals surface area contributed by atoms with Gasteiger partial charge in [-0.05, 0) is 25.1 Å². The maximum absolute atomic E-state index is 12.2. The van der Waals surface area contributed by atoms with Crippen molar-refractivity contribution < 1.29 is 41.0 Å². The van der Waals surface area contributed by atoms with Crippen LogP contribution in [0.3, 0.4) is 0 Å². The van der Waals surface area contributed by atoms with E-state index in [9.17, 15) is 4.79 Å². The molecule has 2 aliphatic rings. The van der Waals surface area contributed by atoms with Gasteiger partial charge in [-0.15, -0.1) is 0 Å². The third-order valence-corrected chi connectivity index (χ3v) is 3.86. The Kier molecular flexibility index (Phi) is 6.50. The quantitative estimate of drug-likeness (QED) is 0.588. The minimum atomic E-state index is -0.322. The second-order valence-corrected chi connectivity index (χ2v) is 5.64. The van der Waals surface area contributed by atoms with Crippen molar-refractivity contribution in [2.75, 3.05) is 46.1 Å². The topological polar surface area (TPSA) is 58.4 Å². The number of carbonyl (C=O) groups is 1.